The minimum Gasteiger partial charge on any atom is -0.486 e. The Hall–Kier alpha value is -3.00. The van der Waals surface area contributed by atoms with Gasteiger partial charge in [0.1, 0.15) is 19.5 Å². The van der Waals surface area contributed by atoms with Crippen molar-refractivity contribution >= 4 is 17.7 Å². The Morgan fingerprint density at radius 3 is 2.81 bits per heavy atom. The van der Waals surface area contributed by atoms with Gasteiger partial charge in [-0.05, 0) is 54.5 Å². The third kappa shape index (κ3) is 4.46. The van der Waals surface area contributed by atoms with E-state index in [2.05, 4.69) is 34.6 Å². The van der Waals surface area contributed by atoms with Crippen LogP contribution in [0, 0.1) is 5.92 Å². The largest absolute Gasteiger partial charge is 0.486 e. The molecule has 7 nitrogen and oxygen atoms in total. The molecule has 32 heavy (non-hydrogen) atoms. The Morgan fingerprint density at radius 1 is 1.19 bits per heavy atom. The summed E-state index contributed by atoms with van der Waals surface area (Å²) in [6, 6.07) is 14.1. The SMILES string of the molecule is CCc1ccccc1-n1cnnc1SCC(=O)NC(c1ccc2c(c1)OCCO2)C1CC1. The molecule has 1 amide bonds. The van der Waals surface area contributed by atoms with Crippen LogP contribution in [0.5, 0.6) is 11.5 Å². The predicted molar refractivity (Wildman–Crippen MR) is 123 cm³/mol. The van der Waals surface area contributed by atoms with Gasteiger partial charge >= 0.3 is 0 Å². The molecule has 1 aliphatic carbocycles. The molecule has 0 spiro atoms. The highest BCUT2D eigenvalue weighted by molar-refractivity contribution is 7.99. The molecule has 1 N–H and O–H groups in total. The Morgan fingerprint density at radius 2 is 2.00 bits per heavy atom. The normalized spacial score (nSPS) is 15.9. The first-order valence-electron chi connectivity index (χ1n) is 11.0. The van der Waals surface area contributed by atoms with Gasteiger partial charge in [0.2, 0.25) is 5.91 Å². The Kier molecular flexibility index (Phi) is 6.03. The fourth-order valence-corrected chi connectivity index (χ4v) is 4.77. The molecule has 0 bridgehead atoms. The van der Waals surface area contributed by atoms with Crippen LogP contribution in [-0.4, -0.2) is 39.6 Å². The van der Waals surface area contributed by atoms with Crippen molar-refractivity contribution in [2.75, 3.05) is 19.0 Å². The number of hydrogen-bond donors (Lipinski definition) is 1. The van der Waals surface area contributed by atoms with Crippen molar-refractivity contribution in [1.29, 1.82) is 0 Å². The number of rotatable bonds is 8. The van der Waals surface area contributed by atoms with Crippen LogP contribution in [0.2, 0.25) is 0 Å². The minimum absolute atomic E-state index is 0.0138. The molecular weight excluding hydrogens is 424 g/mol. The molecule has 1 atom stereocenters. The minimum atomic E-state index is -0.0161. The van der Waals surface area contributed by atoms with E-state index in [1.807, 2.05) is 34.9 Å². The van der Waals surface area contributed by atoms with Gasteiger partial charge < -0.3 is 14.8 Å². The van der Waals surface area contributed by atoms with Gasteiger partial charge in [-0.3, -0.25) is 9.36 Å². The quantitative estimate of drug-likeness (QED) is 0.524. The summed E-state index contributed by atoms with van der Waals surface area (Å²) in [5, 5.41) is 12.3. The number of amides is 1. The summed E-state index contributed by atoms with van der Waals surface area (Å²) >= 11 is 1.40. The monoisotopic (exact) mass is 450 g/mol. The van der Waals surface area contributed by atoms with Crippen molar-refractivity contribution in [2.45, 2.75) is 37.4 Å². The number of nitrogens with zero attached hydrogens (tertiary/aromatic N) is 3. The van der Waals surface area contributed by atoms with Crippen LogP contribution in [0.25, 0.3) is 5.69 Å². The van der Waals surface area contributed by atoms with E-state index in [0.29, 0.717) is 24.3 Å². The van der Waals surface area contributed by atoms with Crippen LogP contribution >= 0.6 is 11.8 Å². The van der Waals surface area contributed by atoms with Gasteiger partial charge in [0, 0.05) is 0 Å². The number of carbonyl (C=O) groups excluding carboxylic acids is 1. The van der Waals surface area contributed by atoms with E-state index >= 15 is 0 Å². The number of aryl methyl sites for hydroxylation is 1. The first kappa shape index (κ1) is 20.9. The van der Waals surface area contributed by atoms with E-state index in [4.69, 9.17) is 9.47 Å². The number of para-hydroxylation sites is 1. The van der Waals surface area contributed by atoms with Gasteiger partial charge in [-0.2, -0.15) is 0 Å². The fourth-order valence-electron chi connectivity index (χ4n) is 4.03. The molecule has 0 radical (unpaired) electrons. The highest BCUT2D eigenvalue weighted by Gasteiger charge is 2.34. The zero-order chi connectivity index (χ0) is 21.9. The van der Waals surface area contributed by atoms with E-state index < -0.39 is 0 Å². The smallest absolute Gasteiger partial charge is 0.230 e. The van der Waals surface area contributed by atoms with Crippen molar-refractivity contribution in [3.63, 3.8) is 0 Å². The van der Waals surface area contributed by atoms with Crippen LogP contribution in [0.4, 0.5) is 0 Å². The van der Waals surface area contributed by atoms with Gasteiger partial charge in [-0.1, -0.05) is 43.0 Å². The summed E-state index contributed by atoms with van der Waals surface area (Å²) in [7, 11) is 0. The van der Waals surface area contributed by atoms with Crippen molar-refractivity contribution in [3.8, 4) is 17.2 Å². The molecular formula is C24H26N4O3S. The number of thioether (sulfide) groups is 1. The molecule has 2 heterocycles. The first-order valence-corrected chi connectivity index (χ1v) is 12.0. The zero-order valence-corrected chi connectivity index (χ0v) is 18.8. The summed E-state index contributed by atoms with van der Waals surface area (Å²) in [6.07, 6.45) is 4.86. The Balaban J connectivity index is 1.27. The predicted octanol–water partition coefficient (Wildman–Crippen LogP) is 3.96. The Bertz CT molecular complexity index is 1110. The molecule has 3 aromatic rings. The summed E-state index contributed by atoms with van der Waals surface area (Å²) in [4.78, 5) is 12.9. The van der Waals surface area contributed by atoms with Crippen LogP contribution < -0.4 is 14.8 Å². The van der Waals surface area contributed by atoms with Crippen LogP contribution in [0.1, 0.15) is 36.9 Å². The topological polar surface area (TPSA) is 78.3 Å². The lowest BCUT2D eigenvalue weighted by molar-refractivity contribution is -0.119. The lowest BCUT2D eigenvalue weighted by Crippen LogP contribution is -2.31. The van der Waals surface area contributed by atoms with E-state index in [0.717, 1.165) is 42.0 Å². The molecule has 1 aromatic heterocycles. The molecule has 166 valence electrons. The van der Waals surface area contributed by atoms with Gasteiger partial charge in [0.15, 0.2) is 16.7 Å². The second-order valence-corrected chi connectivity index (χ2v) is 8.98. The van der Waals surface area contributed by atoms with Gasteiger partial charge in [0.25, 0.3) is 0 Å². The van der Waals surface area contributed by atoms with Crippen LogP contribution in [0.3, 0.4) is 0 Å². The average molecular weight is 451 g/mol. The maximum Gasteiger partial charge on any atom is 0.230 e. The standard InChI is InChI=1S/C24H26N4O3S/c1-2-16-5-3-4-6-19(16)28-15-25-27-24(28)32-14-22(29)26-23(17-7-8-17)18-9-10-20-21(13-18)31-12-11-30-20/h3-6,9-10,13,15,17,23H,2,7-8,11-12,14H2,1H3,(H,26,29). The fraction of sp³-hybridized carbons (Fsp3) is 0.375. The second-order valence-electron chi connectivity index (χ2n) is 8.04. The first-order chi connectivity index (χ1) is 15.7. The lowest BCUT2D eigenvalue weighted by atomic mass is 10.0. The molecule has 8 heteroatoms. The average Bonchev–Trinajstić information content (AvgIpc) is 3.57. The molecule has 5 rings (SSSR count). The van der Waals surface area contributed by atoms with Crippen molar-refractivity contribution < 1.29 is 14.3 Å². The van der Waals surface area contributed by atoms with E-state index in [9.17, 15) is 4.79 Å². The van der Waals surface area contributed by atoms with E-state index in [-0.39, 0.29) is 17.7 Å². The summed E-state index contributed by atoms with van der Waals surface area (Å²) in [5.41, 5.74) is 3.33. The summed E-state index contributed by atoms with van der Waals surface area (Å²) < 4.78 is 13.3. The second kappa shape index (κ2) is 9.24. The molecule has 1 saturated carbocycles. The van der Waals surface area contributed by atoms with Gasteiger partial charge in [-0.15, -0.1) is 10.2 Å². The number of hydrogen-bond acceptors (Lipinski definition) is 6. The van der Waals surface area contributed by atoms with Crippen LogP contribution in [-0.2, 0) is 11.2 Å². The van der Waals surface area contributed by atoms with Crippen molar-refractivity contribution in [3.05, 3.63) is 59.9 Å². The van der Waals surface area contributed by atoms with E-state index in [1.165, 1.54) is 17.3 Å². The summed E-state index contributed by atoms with van der Waals surface area (Å²) in [5.74, 6) is 2.25. The number of nitrogens with one attached hydrogen (secondary N) is 1. The van der Waals surface area contributed by atoms with E-state index in [1.54, 1.807) is 6.33 Å². The number of fused-ring (bicyclic) bond motifs is 1. The number of benzene rings is 2. The molecule has 2 aliphatic rings. The highest BCUT2D eigenvalue weighted by Crippen LogP contribution is 2.43. The molecule has 1 unspecified atom stereocenters. The third-order valence-electron chi connectivity index (χ3n) is 5.82. The highest BCUT2D eigenvalue weighted by atomic mass is 32.2. The summed E-state index contributed by atoms with van der Waals surface area (Å²) in [6.45, 7) is 3.24. The zero-order valence-electron chi connectivity index (χ0n) is 18.0. The number of aromatic nitrogens is 3. The molecule has 0 saturated heterocycles. The Labute approximate surface area is 191 Å². The van der Waals surface area contributed by atoms with Crippen LogP contribution in [0.15, 0.2) is 53.9 Å². The number of carbonyl (C=O) groups is 1. The lowest BCUT2D eigenvalue weighted by Gasteiger charge is -2.23. The molecule has 2 aromatic carbocycles. The third-order valence-corrected chi connectivity index (χ3v) is 6.76. The number of ether oxygens (including phenoxy) is 2. The maximum absolute atomic E-state index is 12.9. The van der Waals surface area contributed by atoms with Crippen molar-refractivity contribution in [2.24, 2.45) is 5.92 Å². The molecule has 1 aliphatic heterocycles. The van der Waals surface area contributed by atoms with Gasteiger partial charge in [-0.25, -0.2) is 0 Å². The maximum atomic E-state index is 12.9. The van der Waals surface area contributed by atoms with Crippen molar-refractivity contribution in [1.82, 2.24) is 20.1 Å². The molecule has 1 fully saturated rings. The van der Waals surface area contributed by atoms with Gasteiger partial charge in [0.05, 0.1) is 17.5 Å².